The number of thiocarbonyl (C=S) groups is 2. The summed E-state index contributed by atoms with van der Waals surface area (Å²) in [6, 6.07) is 17.2. The number of nitrogens with two attached hydrogens (primary N) is 2. The molecule has 0 spiro atoms. The van der Waals surface area contributed by atoms with Crippen LogP contribution in [0.15, 0.2) is 60.7 Å². The molecule has 12 nitrogen and oxygen atoms in total. The molecule has 0 saturated carbocycles. The van der Waals surface area contributed by atoms with Gasteiger partial charge in [0.2, 0.25) is 0 Å². The number of amides is 2. The fraction of sp³-hybridized carbons (Fsp3) is 0. The molecular weight excluding hydrogens is 483 g/mol. The van der Waals surface area contributed by atoms with E-state index < -0.39 is 0 Å². The summed E-state index contributed by atoms with van der Waals surface area (Å²) in [5.41, 5.74) is 10.2. The van der Waals surface area contributed by atoms with Crippen molar-refractivity contribution >= 4 is 46.5 Å². The fourth-order valence-corrected chi connectivity index (χ4v) is 1.77. The maximum atomic E-state index is 11.4. The number of carbonyl (C=O) groups is 2. The van der Waals surface area contributed by atoms with Crippen molar-refractivity contribution in [3.63, 3.8) is 0 Å². The summed E-state index contributed by atoms with van der Waals surface area (Å²) < 4.78 is 0. The third-order valence-electron chi connectivity index (χ3n) is 3.08. The molecule has 31 heavy (non-hydrogen) atoms. The van der Waals surface area contributed by atoms with E-state index >= 15 is 0 Å². The molecule has 0 aliphatic heterocycles. The second kappa shape index (κ2) is 15.0. The first-order valence-electron chi connectivity index (χ1n) is 8.05. The zero-order chi connectivity index (χ0) is 22.5. The van der Waals surface area contributed by atoms with E-state index in [0.29, 0.717) is 21.4 Å². The van der Waals surface area contributed by atoms with Gasteiger partial charge in [-0.15, -0.1) is 0 Å². The van der Waals surface area contributed by atoms with E-state index in [2.05, 4.69) is 46.1 Å². The molecule has 2 aromatic rings. The number of nitrogens with zero attached hydrogens (tertiary/aromatic N) is 2. The maximum absolute atomic E-state index is 11.4. The second-order valence-electron chi connectivity index (χ2n) is 5.24. The summed E-state index contributed by atoms with van der Waals surface area (Å²) >= 11 is 9.27. The zero-order valence-corrected chi connectivity index (χ0v) is 18.6. The summed E-state index contributed by atoms with van der Waals surface area (Å²) in [4.78, 5) is 22.8. The average Bonchev–Trinajstić information content (AvgIpc) is 2.76. The topological polar surface area (TPSA) is 188 Å². The average molecular weight is 503 g/mol. The minimum atomic E-state index is -0.347. The molecule has 165 valence electrons. The molecule has 0 fully saturated rings. The molecule has 0 aromatic heterocycles. The van der Waals surface area contributed by atoms with Crippen LogP contribution in [0.2, 0.25) is 0 Å². The van der Waals surface area contributed by atoms with Crippen molar-refractivity contribution in [2.45, 2.75) is 0 Å². The molecule has 0 saturated heterocycles. The molecule has 0 bridgehead atoms. The number of hydrogen-bond acceptors (Lipinski definition) is 6. The summed E-state index contributed by atoms with van der Waals surface area (Å²) in [7, 11) is 0. The quantitative estimate of drug-likeness (QED) is 0.147. The van der Waals surface area contributed by atoms with E-state index in [4.69, 9.17) is 23.4 Å². The van der Waals surface area contributed by atoms with Crippen LogP contribution in [-0.2, 0) is 17.1 Å². The Balaban J connectivity index is 0.000000562. The molecule has 2 aromatic carbocycles. The number of benzene rings is 2. The van der Waals surface area contributed by atoms with Crippen molar-refractivity contribution in [3.8, 4) is 0 Å². The summed E-state index contributed by atoms with van der Waals surface area (Å²) in [6.07, 6.45) is 0. The van der Waals surface area contributed by atoms with Crippen LogP contribution in [0.5, 0.6) is 0 Å². The molecule has 2 amide bonds. The summed E-state index contributed by atoms with van der Waals surface area (Å²) in [5.74, 6) is 23.1. The van der Waals surface area contributed by atoms with Crippen LogP contribution in [0.4, 0.5) is 0 Å². The monoisotopic (exact) mass is 503 g/mol. The third-order valence-corrected chi connectivity index (χ3v) is 3.67. The second-order valence-corrected chi connectivity index (χ2v) is 6.01. The van der Waals surface area contributed by atoms with Crippen LogP contribution in [0.3, 0.4) is 0 Å². The standard InChI is InChI=1S/2C8H10N5OS.Mn/c2*9-13(10)8(15)12-11-7(14)6-4-2-1-3-5-6;/h2*1-5,9H,10H2,(H,11,14)(H,12,15);/q2*-1;+2. The smallest absolute Gasteiger partial charge is 0.565 e. The van der Waals surface area contributed by atoms with Crippen molar-refractivity contribution in [1.82, 2.24) is 31.9 Å². The van der Waals surface area contributed by atoms with Gasteiger partial charge in [0.15, 0.2) is 10.2 Å². The predicted octanol–water partition coefficient (Wildman–Crippen LogP) is 0.695. The molecule has 2 rings (SSSR count). The zero-order valence-electron chi connectivity index (χ0n) is 15.8. The van der Waals surface area contributed by atoms with Gasteiger partial charge in [0, 0.05) is 11.1 Å². The Bertz CT molecular complexity index is 784. The van der Waals surface area contributed by atoms with Crippen LogP contribution in [0, 0.1) is 0 Å². The molecule has 15 heteroatoms. The normalized spacial score (nSPS) is 8.90. The van der Waals surface area contributed by atoms with Crippen molar-refractivity contribution in [2.75, 3.05) is 0 Å². The Morgan fingerprint density at radius 3 is 1.23 bits per heavy atom. The van der Waals surface area contributed by atoms with Gasteiger partial charge in [-0.2, -0.15) is 0 Å². The van der Waals surface area contributed by atoms with Gasteiger partial charge in [-0.25, -0.2) is 0 Å². The van der Waals surface area contributed by atoms with Gasteiger partial charge in [0.1, 0.15) is 0 Å². The number of hydrogen-bond donors (Lipinski definition) is 6. The first-order valence-corrected chi connectivity index (χ1v) is 8.87. The first-order chi connectivity index (χ1) is 14.2. The Hall–Kier alpha value is -2.88. The summed E-state index contributed by atoms with van der Waals surface area (Å²) in [6.45, 7) is 0. The molecular formula is C16H20MnN10O2S2. The van der Waals surface area contributed by atoms with Crippen LogP contribution in [0.25, 0.3) is 11.7 Å². The Morgan fingerprint density at radius 2 is 0.968 bits per heavy atom. The van der Waals surface area contributed by atoms with E-state index in [1.165, 1.54) is 0 Å². The van der Waals surface area contributed by atoms with Gasteiger partial charge in [-0.05, 0) is 48.7 Å². The molecule has 0 atom stereocenters. The fourth-order valence-electron chi connectivity index (χ4n) is 1.66. The van der Waals surface area contributed by atoms with Gasteiger partial charge in [0.25, 0.3) is 11.8 Å². The first kappa shape index (κ1) is 28.1. The minimum absolute atomic E-state index is 0. The van der Waals surface area contributed by atoms with E-state index in [1.807, 2.05) is 0 Å². The Labute approximate surface area is 199 Å². The van der Waals surface area contributed by atoms with Gasteiger partial charge in [-0.1, -0.05) is 36.4 Å². The molecule has 0 aliphatic rings. The van der Waals surface area contributed by atoms with Crippen molar-refractivity contribution < 1.29 is 26.7 Å². The van der Waals surface area contributed by atoms with Crippen LogP contribution < -0.4 is 33.4 Å². The molecule has 0 heterocycles. The predicted molar refractivity (Wildman–Crippen MR) is 120 cm³/mol. The largest absolute Gasteiger partial charge is 2.00 e. The molecule has 0 aliphatic carbocycles. The Morgan fingerprint density at radius 1 is 0.677 bits per heavy atom. The van der Waals surface area contributed by atoms with E-state index in [0.717, 1.165) is 0 Å². The van der Waals surface area contributed by atoms with Gasteiger partial charge < -0.3 is 21.9 Å². The number of hydrazine groups is 4. The van der Waals surface area contributed by atoms with Gasteiger partial charge in [0.05, 0.1) is 0 Å². The molecule has 1 radical (unpaired) electrons. The SMILES string of the molecule is [Mn+2].[NH-]N(N)C(=S)NNC(=O)c1ccccc1.[NH-]N(N)C(=S)NNC(=O)c1ccccc1. The van der Waals surface area contributed by atoms with Gasteiger partial charge >= 0.3 is 17.1 Å². The molecule has 0 unspecified atom stereocenters. The number of nitrogens with one attached hydrogen (secondary N) is 6. The van der Waals surface area contributed by atoms with Crippen molar-refractivity contribution in [2.24, 2.45) is 11.7 Å². The van der Waals surface area contributed by atoms with Gasteiger partial charge in [-0.3, -0.25) is 43.0 Å². The van der Waals surface area contributed by atoms with E-state index in [9.17, 15) is 9.59 Å². The molecule has 10 N–H and O–H groups in total. The van der Waals surface area contributed by atoms with Crippen LogP contribution in [-0.4, -0.2) is 32.3 Å². The van der Waals surface area contributed by atoms with Crippen molar-refractivity contribution in [1.29, 1.82) is 0 Å². The third kappa shape index (κ3) is 11.2. The number of rotatable bonds is 2. The van der Waals surface area contributed by atoms with E-state index in [1.54, 1.807) is 60.7 Å². The Kier molecular flexibility index (Phi) is 13.6. The van der Waals surface area contributed by atoms with E-state index in [-0.39, 0.29) is 39.1 Å². The van der Waals surface area contributed by atoms with Crippen LogP contribution >= 0.6 is 24.4 Å². The minimum Gasteiger partial charge on any atom is -0.565 e. The summed E-state index contributed by atoms with van der Waals surface area (Å²) in [5, 5.41) is 0.694. The van der Waals surface area contributed by atoms with Crippen LogP contribution in [0.1, 0.15) is 20.7 Å². The number of carbonyl (C=O) groups excluding carboxylic acids is 2. The maximum Gasteiger partial charge on any atom is 2.00 e. The van der Waals surface area contributed by atoms with Crippen molar-refractivity contribution in [3.05, 3.63) is 83.5 Å².